The minimum absolute atomic E-state index is 0.0951. The first-order chi connectivity index (χ1) is 8.75. The largest absolute Gasteiger partial charge is 0.320 e. The third-order valence-electron chi connectivity index (χ3n) is 3.07. The fourth-order valence-electron chi connectivity index (χ4n) is 2.15. The zero-order valence-electron chi connectivity index (χ0n) is 10.1. The van der Waals surface area contributed by atoms with Gasteiger partial charge in [-0.3, -0.25) is 4.98 Å². The third-order valence-corrected chi connectivity index (χ3v) is 4.15. The van der Waals surface area contributed by atoms with Crippen LogP contribution in [0.4, 0.5) is 0 Å². The molecule has 90 valence electrons. The highest BCUT2D eigenvalue weighted by atomic mass is 32.1. The molecule has 0 aliphatic heterocycles. The number of aryl methyl sites for hydroxylation is 1. The van der Waals surface area contributed by atoms with Crippen molar-refractivity contribution in [1.82, 2.24) is 4.98 Å². The van der Waals surface area contributed by atoms with Crippen LogP contribution in [0, 0.1) is 6.92 Å². The fourth-order valence-corrected chi connectivity index (χ4v) is 3.05. The number of pyridine rings is 1. The number of nitrogens with zero attached hydrogens (tertiary/aromatic N) is 1. The van der Waals surface area contributed by atoms with E-state index in [1.807, 2.05) is 18.3 Å². The van der Waals surface area contributed by atoms with Crippen LogP contribution in [0.2, 0.25) is 0 Å². The highest BCUT2D eigenvalue weighted by Gasteiger charge is 2.14. The lowest BCUT2D eigenvalue weighted by atomic mass is 10.0. The van der Waals surface area contributed by atoms with E-state index < -0.39 is 0 Å². The average Bonchev–Trinajstić information content (AvgIpc) is 2.84. The van der Waals surface area contributed by atoms with E-state index in [9.17, 15) is 0 Å². The van der Waals surface area contributed by atoms with Gasteiger partial charge in [-0.15, -0.1) is 11.3 Å². The van der Waals surface area contributed by atoms with Crippen molar-refractivity contribution in [3.05, 3.63) is 64.0 Å². The van der Waals surface area contributed by atoms with E-state index in [2.05, 4.69) is 42.2 Å². The van der Waals surface area contributed by atoms with Crippen molar-refractivity contribution in [2.45, 2.75) is 13.0 Å². The number of aromatic nitrogens is 1. The van der Waals surface area contributed by atoms with Crippen LogP contribution in [-0.2, 0) is 0 Å². The van der Waals surface area contributed by atoms with E-state index in [0.717, 1.165) is 16.5 Å². The minimum atomic E-state index is -0.0951. The zero-order chi connectivity index (χ0) is 12.5. The Bertz CT molecular complexity index is 682. The Hall–Kier alpha value is -1.71. The number of benzene rings is 1. The molecule has 0 radical (unpaired) electrons. The van der Waals surface area contributed by atoms with Crippen molar-refractivity contribution in [3.63, 3.8) is 0 Å². The van der Waals surface area contributed by atoms with E-state index in [1.165, 1.54) is 9.75 Å². The maximum atomic E-state index is 6.37. The number of hydrogen-bond acceptors (Lipinski definition) is 3. The molecule has 18 heavy (non-hydrogen) atoms. The predicted octanol–water partition coefficient (Wildman–Crippen LogP) is 3.65. The van der Waals surface area contributed by atoms with Gasteiger partial charge in [0.05, 0.1) is 11.6 Å². The maximum Gasteiger partial charge on any atom is 0.0753 e. The Kier molecular flexibility index (Phi) is 2.86. The molecule has 3 aromatic rings. The lowest BCUT2D eigenvalue weighted by Gasteiger charge is -2.12. The summed E-state index contributed by atoms with van der Waals surface area (Å²) in [6.45, 7) is 2.10. The van der Waals surface area contributed by atoms with Gasteiger partial charge < -0.3 is 5.73 Å². The molecule has 0 bridgehead atoms. The Labute approximate surface area is 110 Å². The van der Waals surface area contributed by atoms with E-state index in [4.69, 9.17) is 5.73 Å². The summed E-state index contributed by atoms with van der Waals surface area (Å²) in [5, 5.41) is 1.14. The SMILES string of the molecule is Cc1ccc(C(N)c2cccc3cccnc23)s1. The van der Waals surface area contributed by atoms with Crippen LogP contribution in [0.3, 0.4) is 0 Å². The van der Waals surface area contributed by atoms with Crippen molar-refractivity contribution in [2.24, 2.45) is 5.73 Å². The Balaban J connectivity index is 2.14. The van der Waals surface area contributed by atoms with Gasteiger partial charge in [-0.2, -0.15) is 0 Å². The summed E-state index contributed by atoms with van der Waals surface area (Å²) >= 11 is 1.75. The van der Waals surface area contributed by atoms with Gasteiger partial charge in [0.25, 0.3) is 0 Å². The molecule has 3 rings (SSSR count). The van der Waals surface area contributed by atoms with Crippen molar-refractivity contribution in [2.75, 3.05) is 0 Å². The molecule has 3 heteroatoms. The van der Waals surface area contributed by atoms with Crippen LogP contribution >= 0.6 is 11.3 Å². The average molecular weight is 254 g/mol. The maximum absolute atomic E-state index is 6.37. The molecule has 2 heterocycles. The smallest absolute Gasteiger partial charge is 0.0753 e. The molecule has 0 amide bonds. The molecule has 0 saturated heterocycles. The summed E-state index contributed by atoms with van der Waals surface area (Å²) in [5.74, 6) is 0. The second-order valence-electron chi connectivity index (χ2n) is 4.35. The zero-order valence-corrected chi connectivity index (χ0v) is 10.9. The molecule has 1 aromatic carbocycles. The number of hydrogen-bond donors (Lipinski definition) is 1. The first kappa shape index (κ1) is 11.4. The molecule has 2 N–H and O–H groups in total. The first-order valence-corrected chi connectivity index (χ1v) is 6.73. The molecule has 0 spiro atoms. The molecule has 0 saturated carbocycles. The van der Waals surface area contributed by atoms with E-state index in [0.29, 0.717) is 0 Å². The molecule has 2 nitrogen and oxygen atoms in total. The summed E-state index contributed by atoms with van der Waals surface area (Å²) in [6.07, 6.45) is 1.82. The van der Waals surface area contributed by atoms with Crippen LogP contribution in [0.25, 0.3) is 10.9 Å². The van der Waals surface area contributed by atoms with E-state index in [1.54, 1.807) is 11.3 Å². The third kappa shape index (κ3) is 1.92. The number of thiophene rings is 1. The van der Waals surface area contributed by atoms with Gasteiger partial charge in [-0.1, -0.05) is 24.3 Å². The Morgan fingerprint density at radius 3 is 2.72 bits per heavy atom. The molecule has 1 unspecified atom stereocenters. The van der Waals surface area contributed by atoms with Gasteiger partial charge in [0.2, 0.25) is 0 Å². The summed E-state index contributed by atoms with van der Waals surface area (Å²) in [5.41, 5.74) is 8.46. The van der Waals surface area contributed by atoms with Crippen molar-refractivity contribution in [1.29, 1.82) is 0 Å². The molecule has 1 atom stereocenters. The number of rotatable bonds is 2. The minimum Gasteiger partial charge on any atom is -0.320 e. The summed E-state index contributed by atoms with van der Waals surface area (Å²) in [4.78, 5) is 6.93. The molecule has 0 aliphatic rings. The Morgan fingerprint density at radius 1 is 1.11 bits per heavy atom. The van der Waals surface area contributed by atoms with E-state index in [-0.39, 0.29) is 6.04 Å². The summed E-state index contributed by atoms with van der Waals surface area (Å²) in [6, 6.07) is 14.3. The van der Waals surface area contributed by atoms with Crippen LogP contribution in [0.15, 0.2) is 48.7 Å². The number of nitrogens with two attached hydrogens (primary N) is 1. The second kappa shape index (κ2) is 4.52. The normalized spacial score (nSPS) is 12.8. The molecule has 0 aliphatic carbocycles. The molecular weight excluding hydrogens is 240 g/mol. The molecular formula is C15H14N2S. The topological polar surface area (TPSA) is 38.9 Å². The molecule has 2 aromatic heterocycles. The monoisotopic (exact) mass is 254 g/mol. The van der Waals surface area contributed by atoms with Crippen molar-refractivity contribution in [3.8, 4) is 0 Å². The predicted molar refractivity (Wildman–Crippen MR) is 76.8 cm³/mol. The van der Waals surface area contributed by atoms with Crippen LogP contribution in [-0.4, -0.2) is 4.98 Å². The van der Waals surface area contributed by atoms with Crippen LogP contribution in [0.5, 0.6) is 0 Å². The van der Waals surface area contributed by atoms with Gasteiger partial charge in [-0.25, -0.2) is 0 Å². The van der Waals surface area contributed by atoms with E-state index >= 15 is 0 Å². The quantitative estimate of drug-likeness (QED) is 0.758. The van der Waals surface area contributed by atoms with Crippen LogP contribution < -0.4 is 5.73 Å². The highest BCUT2D eigenvalue weighted by molar-refractivity contribution is 7.12. The highest BCUT2D eigenvalue weighted by Crippen LogP contribution is 2.29. The van der Waals surface area contributed by atoms with Crippen molar-refractivity contribution < 1.29 is 0 Å². The van der Waals surface area contributed by atoms with Crippen molar-refractivity contribution >= 4 is 22.2 Å². The Morgan fingerprint density at radius 2 is 1.94 bits per heavy atom. The van der Waals surface area contributed by atoms with Gasteiger partial charge >= 0.3 is 0 Å². The van der Waals surface area contributed by atoms with Crippen LogP contribution in [0.1, 0.15) is 21.4 Å². The number of para-hydroxylation sites is 1. The second-order valence-corrected chi connectivity index (χ2v) is 5.67. The number of fused-ring (bicyclic) bond motifs is 1. The summed E-state index contributed by atoms with van der Waals surface area (Å²) < 4.78 is 0. The van der Waals surface area contributed by atoms with Gasteiger partial charge in [0.1, 0.15) is 0 Å². The fraction of sp³-hybridized carbons (Fsp3) is 0.133. The first-order valence-electron chi connectivity index (χ1n) is 5.91. The van der Waals surface area contributed by atoms with Gasteiger partial charge in [0.15, 0.2) is 0 Å². The lowest BCUT2D eigenvalue weighted by molar-refractivity contribution is 0.900. The molecule has 0 fully saturated rings. The lowest BCUT2D eigenvalue weighted by Crippen LogP contribution is -2.11. The van der Waals surface area contributed by atoms with Gasteiger partial charge in [-0.05, 0) is 25.1 Å². The standard InChI is InChI=1S/C15H14N2S/c1-10-7-8-13(18-10)14(16)12-6-2-4-11-5-3-9-17-15(11)12/h2-9,14H,16H2,1H3. The summed E-state index contributed by atoms with van der Waals surface area (Å²) in [7, 11) is 0. The van der Waals surface area contributed by atoms with Gasteiger partial charge in [0, 0.05) is 26.9 Å².